The van der Waals surface area contributed by atoms with Gasteiger partial charge in [-0.2, -0.15) is 0 Å². The summed E-state index contributed by atoms with van der Waals surface area (Å²) in [6, 6.07) is 8.56. The van der Waals surface area contributed by atoms with Crippen molar-refractivity contribution in [2.45, 2.75) is 52.9 Å². The highest BCUT2D eigenvalue weighted by atomic mass is 14.1. The van der Waals surface area contributed by atoms with Gasteiger partial charge in [-0.3, -0.25) is 0 Å². The van der Waals surface area contributed by atoms with E-state index >= 15 is 0 Å². The first-order valence-electron chi connectivity index (χ1n) is 6.53. The number of benzene rings is 1. The monoisotopic (exact) mass is 216 g/mol. The Kier molecular flexibility index (Phi) is 5.92. The molecule has 1 aromatic rings. The molecule has 0 spiro atoms. The average molecular weight is 216 g/mol. The smallest absolute Gasteiger partial charge is 0.00606 e. The second-order valence-corrected chi connectivity index (χ2v) is 4.57. The topological polar surface area (TPSA) is 0 Å². The fourth-order valence-electron chi connectivity index (χ4n) is 1.95. The van der Waals surface area contributed by atoms with Gasteiger partial charge >= 0.3 is 0 Å². The standard InChI is InChI=1S/C10H10.C6H14/c1-8-6-9-4-2-3-5-10(9)7-8;1-3-5-6-4-2/h2-6H,7H2,1H3;3-6H2,1-2H3. The lowest BCUT2D eigenvalue weighted by molar-refractivity contribution is 0.702. The highest BCUT2D eigenvalue weighted by molar-refractivity contribution is 5.62. The van der Waals surface area contributed by atoms with Crippen molar-refractivity contribution >= 4 is 6.08 Å². The average Bonchev–Trinajstić information content (AvgIpc) is 2.67. The maximum absolute atomic E-state index is 2.26. The van der Waals surface area contributed by atoms with Crippen LogP contribution >= 0.6 is 0 Å². The Labute approximate surface area is 100 Å². The summed E-state index contributed by atoms with van der Waals surface area (Å²) in [5, 5.41) is 0. The molecule has 2 rings (SSSR count). The van der Waals surface area contributed by atoms with Crippen molar-refractivity contribution in [1.82, 2.24) is 0 Å². The summed E-state index contributed by atoms with van der Waals surface area (Å²) in [6.45, 7) is 6.64. The van der Waals surface area contributed by atoms with Crippen molar-refractivity contribution in [2.24, 2.45) is 0 Å². The first-order valence-corrected chi connectivity index (χ1v) is 6.53. The van der Waals surface area contributed by atoms with E-state index in [1.165, 1.54) is 42.4 Å². The summed E-state index contributed by atoms with van der Waals surface area (Å²) in [4.78, 5) is 0. The molecular formula is C16H24. The fraction of sp³-hybridized carbons (Fsp3) is 0.500. The fourth-order valence-corrected chi connectivity index (χ4v) is 1.95. The van der Waals surface area contributed by atoms with Crippen LogP contribution in [0.5, 0.6) is 0 Å². The molecule has 1 aromatic carbocycles. The molecule has 0 bridgehead atoms. The highest BCUT2D eigenvalue weighted by Crippen LogP contribution is 2.23. The van der Waals surface area contributed by atoms with Crippen LogP contribution in [0.2, 0.25) is 0 Å². The molecule has 0 fully saturated rings. The molecule has 0 saturated carbocycles. The lowest BCUT2D eigenvalue weighted by Gasteiger charge is -1.93. The van der Waals surface area contributed by atoms with Crippen molar-refractivity contribution in [3.63, 3.8) is 0 Å². The van der Waals surface area contributed by atoms with E-state index in [2.05, 4.69) is 51.1 Å². The van der Waals surface area contributed by atoms with Gasteiger partial charge in [-0.05, 0) is 24.5 Å². The van der Waals surface area contributed by atoms with E-state index in [1.54, 1.807) is 0 Å². The van der Waals surface area contributed by atoms with Crippen LogP contribution in [0.15, 0.2) is 29.8 Å². The largest absolute Gasteiger partial charge is 0.0683 e. The normalized spacial score (nSPS) is 12.6. The van der Waals surface area contributed by atoms with Crippen LogP contribution in [0.25, 0.3) is 6.08 Å². The SMILES string of the molecule is CC1=Cc2ccccc2C1.CCCCCC. The van der Waals surface area contributed by atoms with Gasteiger partial charge in [0.1, 0.15) is 0 Å². The number of allylic oxidation sites excluding steroid dienone is 1. The third kappa shape index (κ3) is 4.22. The Balaban J connectivity index is 0.000000187. The molecule has 0 nitrogen and oxygen atoms in total. The molecule has 1 aliphatic carbocycles. The van der Waals surface area contributed by atoms with Crippen LogP contribution in [0.4, 0.5) is 0 Å². The lowest BCUT2D eigenvalue weighted by Crippen LogP contribution is -1.79. The van der Waals surface area contributed by atoms with Crippen LogP contribution in [-0.4, -0.2) is 0 Å². The van der Waals surface area contributed by atoms with Crippen LogP contribution in [-0.2, 0) is 6.42 Å². The van der Waals surface area contributed by atoms with E-state index in [0.29, 0.717) is 0 Å². The minimum Gasteiger partial charge on any atom is -0.0683 e. The minimum atomic E-state index is 1.15. The summed E-state index contributed by atoms with van der Waals surface area (Å²) in [5.74, 6) is 0. The summed E-state index contributed by atoms with van der Waals surface area (Å²) in [5.41, 5.74) is 4.35. The van der Waals surface area contributed by atoms with E-state index in [1.807, 2.05) is 0 Å². The zero-order valence-corrected chi connectivity index (χ0v) is 10.9. The van der Waals surface area contributed by atoms with Gasteiger partial charge < -0.3 is 0 Å². The van der Waals surface area contributed by atoms with E-state index in [9.17, 15) is 0 Å². The van der Waals surface area contributed by atoms with Crippen molar-refractivity contribution in [1.29, 1.82) is 0 Å². The summed E-state index contributed by atoms with van der Waals surface area (Å²) in [6.07, 6.45) is 8.94. The van der Waals surface area contributed by atoms with Gasteiger partial charge in [0.15, 0.2) is 0 Å². The lowest BCUT2D eigenvalue weighted by atomic mass is 10.1. The number of fused-ring (bicyclic) bond motifs is 1. The number of unbranched alkanes of at least 4 members (excludes halogenated alkanes) is 3. The predicted octanol–water partition coefficient (Wildman–Crippen LogP) is 5.23. The second kappa shape index (κ2) is 7.27. The van der Waals surface area contributed by atoms with E-state index in [-0.39, 0.29) is 0 Å². The van der Waals surface area contributed by atoms with Crippen LogP contribution in [0.3, 0.4) is 0 Å². The van der Waals surface area contributed by atoms with Crippen molar-refractivity contribution < 1.29 is 0 Å². The van der Waals surface area contributed by atoms with E-state index in [0.717, 1.165) is 6.42 Å². The predicted molar refractivity (Wildman–Crippen MR) is 73.6 cm³/mol. The highest BCUT2D eigenvalue weighted by Gasteiger charge is 2.06. The molecule has 0 saturated heterocycles. The van der Waals surface area contributed by atoms with Gasteiger partial charge in [0.2, 0.25) is 0 Å². The van der Waals surface area contributed by atoms with Gasteiger partial charge in [0.25, 0.3) is 0 Å². The molecular weight excluding hydrogens is 192 g/mol. The van der Waals surface area contributed by atoms with Crippen molar-refractivity contribution in [2.75, 3.05) is 0 Å². The Morgan fingerprint density at radius 3 is 2.19 bits per heavy atom. The Hall–Kier alpha value is -1.04. The van der Waals surface area contributed by atoms with Crippen LogP contribution in [0, 0.1) is 0 Å². The van der Waals surface area contributed by atoms with Gasteiger partial charge in [-0.15, -0.1) is 0 Å². The molecule has 0 aliphatic heterocycles. The van der Waals surface area contributed by atoms with E-state index in [4.69, 9.17) is 0 Å². The summed E-state index contributed by atoms with van der Waals surface area (Å²) in [7, 11) is 0. The molecule has 0 unspecified atom stereocenters. The molecule has 0 radical (unpaired) electrons. The molecule has 0 heterocycles. The maximum atomic E-state index is 2.26. The van der Waals surface area contributed by atoms with Crippen molar-refractivity contribution in [3.8, 4) is 0 Å². The third-order valence-corrected chi connectivity index (χ3v) is 2.88. The third-order valence-electron chi connectivity index (χ3n) is 2.88. The Morgan fingerprint density at radius 2 is 1.62 bits per heavy atom. The van der Waals surface area contributed by atoms with Gasteiger partial charge in [0.05, 0.1) is 0 Å². The summed E-state index contributed by atoms with van der Waals surface area (Å²) < 4.78 is 0. The maximum Gasteiger partial charge on any atom is -0.00606 e. The molecule has 0 amide bonds. The van der Waals surface area contributed by atoms with Crippen LogP contribution < -0.4 is 0 Å². The van der Waals surface area contributed by atoms with Crippen molar-refractivity contribution in [3.05, 3.63) is 41.0 Å². The quantitative estimate of drug-likeness (QED) is 0.607. The molecule has 1 aliphatic rings. The number of rotatable bonds is 3. The van der Waals surface area contributed by atoms with Gasteiger partial charge in [-0.1, -0.05) is 75.4 Å². The Bertz CT molecular complexity index is 330. The Morgan fingerprint density at radius 1 is 1.00 bits per heavy atom. The van der Waals surface area contributed by atoms with Crippen LogP contribution in [0.1, 0.15) is 57.6 Å². The first-order chi connectivity index (χ1) is 7.77. The zero-order chi connectivity index (χ0) is 11.8. The molecule has 0 aromatic heterocycles. The molecule has 0 N–H and O–H groups in total. The first kappa shape index (κ1) is 13.0. The van der Waals surface area contributed by atoms with Gasteiger partial charge in [0, 0.05) is 0 Å². The molecule has 88 valence electrons. The summed E-state index contributed by atoms with van der Waals surface area (Å²) >= 11 is 0. The van der Waals surface area contributed by atoms with Gasteiger partial charge in [-0.25, -0.2) is 0 Å². The molecule has 16 heavy (non-hydrogen) atoms. The second-order valence-electron chi connectivity index (χ2n) is 4.57. The number of hydrogen-bond donors (Lipinski definition) is 0. The van der Waals surface area contributed by atoms with E-state index < -0.39 is 0 Å². The zero-order valence-electron chi connectivity index (χ0n) is 10.9. The molecule has 0 heteroatoms. The number of hydrogen-bond acceptors (Lipinski definition) is 0. The molecule has 0 atom stereocenters. The minimum absolute atomic E-state index is 1.15.